The molecule has 0 aliphatic carbocycles. The van der Waals surface area contributed by atoms with E-state index in [4.69, 9.17) is 8.94 Å². The normalized spacial score (nSPS) is 10.7. The lowest BCUT2D eigenvalue weighted by Crippen LogP contribution is -2.36. The second-order valence-corrected chi connectivity index (χ2v) is 6.40. The maximum Gasteiger partial charge on any atom is 0.349 e. The fourth-order valence-electron chi connectivity index (χ4n) is 2.81. The Morgan fingerprint density at radius 3 is 2.48 bits per heavy atom. The lowest BCUT2D eigenvalue weighted by Gasteiger charge is -2.05. The van der Waals surface area contributed by atoms with E-state index in [2.05, 4.69) is 20.8 Å². The molecule has 0 saturated carbocycles. The Hall–Kier alpha value is -4.34. The van der Waals surface area contributed by atoms with Crippen molar-refractivity contribution in [1.82, 2.24) is 20.8 Å². The van der Waals surface area contributed by atoms with E-state index < -0.39 is 23.3 Å². The Morgan fingerprint density at radius 1 is 0.968 bits per heavy atom. The summed E-state index contributed by atoms with van der Waals surface area (Å²) in [6, 6.07) is 14.1. The quantitative estimate of drug-likeness (QED) is 0.360. The van der Waals surface area contributed by atoms with Gasteiger partial charge in [-0.3, -0.25) is 9.59 Å². The first-order valence-electron chi connectivity index (χ1n) is 9.21. The summed E-state index contributed by atoms with van der Waals surface area (Å²) in [5, 5.41) is 9.21. The van der Waals surface area contributed by atoms with E-state index in [0.29, 0.717) is 11.0 Å². The highest BCUT2D eigenvalue weighted by atomic mass is 19.1. The summed E-state index contributed by atoms with van der Waals surface area (Å²) in [5.74, 6) is -2.27. The maximum atomic E-state index is 13.8. The number of amides is 2. The topological polar surface area (TPSA) is 127 Å². The molecule has 0 atom stereocenters. The molecule has 2 heterocycles. The molecule has 9 nitrogen and oxygen atoms in total. The first-order chi connectivity index (χ1) is 15.0. The summed E-state index contributed by atoms with van der Waals surface area (Å²) in [5.41, 5.74) is -0.416. The minimum atomic E-state index is -0.758. The van der Waals surface area contributed by atoms with E-state index in [-0.39, 0.29) is 35.9 Å². The summed E-state index contributed by atoms with van der Waals surface area (Å²) >= 11 is 0. The zero-order valence-electron chi connectivity index (χ0n) is 15.9. The molecule has 4 aromatic rings. The van der Waals surface area contributed by atoms with Gasteiger partial charge in [0.25, 0.3) is 5.91 Å². The molecule has 2 aromatic carbocycles. The number of carbonyl (C=O) groups excluding carboxylic acids is 2. The number of hydrogen-bond acceptors (Lipinski definition) is 7. The van der Waals surface area contributed by atoms with Gasteiger partial charge in [-0.1, -0.05) is 35.5 Å². The molecule has 0 spiro atoms. The predicted molar refractivity (Wildman–Crippen MR) is 107 cm³/mol. The second-order valence-electron chi connectivity index (χ2n) is 6.40. The molecule has 10 heteroatoms. The molecule has 0 radical (unpaired) electrons. The molecular weight excluding hydrogens is 407 g/mol. The van der Waals surface area contributed by atoms with E-state index in [1.54, 1.807) is 30.3 Å². The zero-order chi connectivity index (χ0) is 21.8. The third-order valence-corrected chi connectivity index (χ3v) is 4.32. The number of aromatic nitrogens is 2. The second kappa shape index (κ2) is 8.57. The average molecular weight is 422 g/mol. The molecule has 31 heavy (non-hydrogen) atoms. The molecule has 0 saturated heterocycles. The van der Waals surface area contributed by atoms with Crippen LogP contribution in [0.1, 0.15) is 21.0 Å². The summed E-state index contributed by atoms with van der Waals surface area (Å²) in [6.45, 7) is 0.0616. The molecular formula is C21H15FN4O5. The summed E-state index contributed by atoms with van der Waals surface area (Å²) in [4.78, 5) is 40.2. The van der Waals surface area contributed by atoms with Gasteiger partial charge in [0.1, 0.15) is 17.0 Å². The minimum Gasteiger partial charge on any atom is -0.422 e. The first kappa shape index (κ1) is 20.0. The predicted octanol–water partition coefficient (Wildman–Crippen LogP) is 2.14. The van der Waals surface area contributed by atoms with Gasteiger partial charge in [-0.15, -0.1) is 0 Å². The number of nitrogens with zero attached hydrogens (tertiary/aromatic N) is 2. The standard InChI is InChI=1S/C21H15FN4O5/c22-15-7-3-2-6-13(15)17-25-20(31-26-17)19(28)24-10-9-23-18(27)14-11-12-5-1-4-8-16(12)30-21(14)29/h1-8,11H,9-10H2,(H,23,27)(H,24,28). The van der Waals surface area contributed by atoms with Crippen molar-refractivity contribution >= 4 is 22.8 Å². The van der Waals surface area contributed by atoms with Gasteiger partial charge >= 0.3 is 17.4 Å². The number of para-hydroxylation sites is 1. The number of fused-ring (bicyclic) bond motifs is 1. The highest BCUT2D eigenvalue weighted by Gasteiger charge is 2.18. The number of hydrogen-bond donors (Lipinski definition) is 2. The van der Waals surface area contributed by atoms with Crippen molar-refractivity contribution < 1.29 is 22.9 Å². The first-order valence-corrected chi connectivity index (χ1v) is 9.21. The van der Waals surface area contributed by atoms with Crippen LogP contribution in [0, 0.1) is 5.82 Å². The monoisotopic (exact) mass is 422 g/mol. The van der Waals surface area contributed by atoms with Crippen molar-refractivity contribution in [3.8, 4) is 11.4 Å². The summed E-state index contributed by atoms with van der Waals surface area (Å²) in [7, 11) is 0. The number of halogens is 1. The molecule has 156 valence electrons. The smallest absolute Gasteiger partial charge is 0.349 e. The molecule has 2 amide bonds. The van der Waals surface area contributed by atoms with Crippen LogP contribution < -0.4 is 16.3 Å². The highest BCUT2D eigenvalue weighted by molar-refractivity contribution is 5.96. The van der Waals surface area contributed by atoms with E-state index >= 15 is 0 Å². The van der Waals surface area contributed by atoms with Gasteiger partial charge in [0.05, 0.1) is 5.56 Å². The van der Waals surface area contributed by atoms with E-state index in [9.17, 15) is 18.8 Å². The Kier molecular flexibility index (Phi) is 5.52. The van der Waals surface area contributed by atoms with Crippen LogP contribution in [0.15, 0.2) is 68.3 Å². The Morgan fingerprint density at radius 2 is 1.68 bits per heavy atom. The van der Waals surface area contributed by atoms with Crippen LogP contribution in [0.5, 0.6) is 0 Å². The summed E-state index contributed by atoms with van der Waals surface area (Å²) in [6.07, 6.45) is 0. The Bertz CT molecular complexity index is 1330. The molecule has 2 N–H and O–H groups in total. The lowest BCUT2D eigenvalue weighted by molar-refractivity contribution is 0.0897. The SMILES string of the molecule is O=C(NCCNC(=O)c1cc2ccccc2oc1=O)c1nc(-c2ccccc2F)no1. The van der Waals surface area contributed by atoms with Gasteiger partial charge in [0, 0.05) is 18.5 Å². The van der Waals surface area contributed by atoms with Gasteiger partial charge in [-0.25, -0.2) is 9.18 Å². The lowest BCUT2D eigenvalue weighted by atomic mass is 10.2. The molecule has 4 rings (SSSR count). The van der Waals surface area contributed by atoms with Crippen molar-refractivity contribution in [1.29, 1.82) is 0 Å². The van der Waals surface area contributed by atoms with Crippen LogP contribution in [-0.2, 0) is 0 Å². The van der Waals surface area contributed by atoms with Gasteiger partial charge in [0.2, 0.25) is 5.82 Å². The van der Waals surface area contributed by atoms with Crippen LogP contribution in [0.25, 0.3) is 22.4 Å². The molecule has 0 bridgehead atoms. The molecule has 0 fully saturated rings. The van der Waals surface area contributed by atoms with Crippen molar-refractivity contribution in [2.45, 2.75) is 0 Å². The molecule has 0 aliphatic heterocycles. The molecule has 2 aromatic heterocycles. The van der Waals surface area contributed by atoms with Gasteiger partial charge in [-0.05, 0) is 24.3 Å². The molecule has 0 unspecified atom stereocenters. The highest BCUT2D eigenvalue weighted by Crippen LogP contribution is 2.19. The van der Waals surface area contributed by atoms with Crippen LogP contribution in [-0.4, -0.2) is 35.0 Å². The van der Waals surface area contributed by atoms with Gasteiger partial charge < -0.3 is 19.6 Å². The van der Waals surface area contributed by atoms with Gasteiger partial charge in [-0.2, -0.15) is 4.98 Å². The third-order valence-electron chi connectivity index (χ3n) is 4.32. The number of carbonyl (C=O) groups is 2. The van der Waals surface area contributed by atoms with E-state index in [1.165, 1.54) is 24.3 Å². The van der Waals surface area contributed by atoms with Crippen molar-refractivity contribution in [3.63, 3.8) is 0 Å². The number of benzene rings is 2. The van der Waals surface area contributed by atoms with E-state index in [0.717, 1.165) is 0 Å². The fraction of sp³-hybridized carbons (Fsp3) is 0.0952. The zero-order valence-corrected chi connectivity index (χ0v) is 15.9. The summed E-state index contributed by atoms with van der Waals surface area (Å²) < 4.78 is 23.8. The number of nitrogens with one attached hydrogen (secondary N) is 2. The maximum absolute atomic E-state index is 13.8. The van der Waals surface area contributed by atoms with Crippen LogP contribution >= 0.6 is 0 Å². The van der Waals surface area contributed by atoms with Gasteiger partial charge in [0.15, 0.2) is 0 Å². The molecule has 0 aliphatic rings. The van der Waals surface area contributed by atoms with Crippen molar-refractivity contribution in [3.05, 3.63) is 82.3 Å². The third kappa shape index (κ3) is 4.32. The van der Waals surface area contributed by atoms with Crippen LogP contribution in [0.3, 0.4) is 0 Å². The average Bonchev–Trinajstić information content (AvgIpc) is 3.26. The fourth-order valence-corrected chi connectivity index (χ4v) is 2.81. The van der Waals surface area contributed by atoms with Crippen LogP contribution in [0.4, 0.5) is 4.39 Å². The van der Waals surface area contributed by atoms with Crippen molar-refractivity contribution in [2.24, 2.45) is 0 Å². The van der Waals surface area contributed by atoms with Crippen molar-refractivity contribution in [2.75, 3.05) is 13.1 Å². The minimum absolute atomic E-state index is 0.0287. The number of rotatable bonds is 6. The Balaban J connectivity index is 1.32. The Labute approximate surface area is 173 Å². The van der Waals surface area contributed by atoms with Crippen LogP contribution in [0.2, 0.25) is 0 Å². The largest absolute Gasteiger partial charge is 0.422 e. The van der Waals surface area contributed by atoms with E-state index in [1.807, 2.05) is 0 Å².